The zero-order chi connectivity index (χ0) is 37.3. The van der Waals surface area contributed by atoms with Crippen LogP contribution in [0.3, 0.4) is 0 Å². The molecule has 0 unspecified atom stereocenters. The Balaban J connectivity index is 2.09. The summed E-state index contributed by atoms with van der Waals surface area (Å²) in [6, 6.07) is 1.86. The largest absolute Gasteiger partial charge is 0.507 e. The Labute approximate surface area is 312 Å². The Morgan fingerprint density at radius 2 is 0.800 bits per heavy atom. The summed E-state index contributed by atoms with van der Waals surface area (Å²) in [6.45, 7) is 14.7. The zero-order valence-corrected chi connectivity index (χ0v) is 35.4. The molecule has 0 aliphatic heterocycles. The SMILES string of the molecule is CCCCCCCCCCCCCCCCCCCCCCCCCCCCCCc1c(CP(=O)(O)O)cc(C(C)(C)C)c(O)c1C(C)(C)C. The first kappa shape index (κ1) is 47.2. The van der Waals surface area contributed by atoms with Gasteiger partial charge in [0.25, 0.3) is 0 Å². The highest BCUT2D eigenvalue weighted by molar-refractivity contribution is 7.50. The first-order valence-electron chi connectivity index (χ1n) is 21.6. The Morgan fingerprint density at radius 1 is 0.500 bits per heavy atom. The van der Waals surface area contributed by atoms with Crippen LogP contribution in [0.5, 0.6) is 5.75 Å². The zero-order valence-electron chi connectivity index (χ0n) is 34.5. The van der Waals surface area contributed by atoms with Gasteiger partial charge in [-0.15, -0.1) is 0 Å². The molecule has 1 aromatic rings. The second-order valence-corrected chi connectivity index (χ2v) is 19.5. The van der Waals surface area contributed by atoms with Crippen molar-refractivity contribution in [3.8, 4) is 5.75 Å². The van der Waals surface area contributed by atoms with Crippen LogP contribution < -0.4 is 0 Å². The summed E-state index contributed by atoms with van der Waals surface area (Å²) < 4.78 is 12.1. The summed E-state index contributed by atoms with van der Waals surface area (Å²) in [5.74, 6) is 0.301. The van der Waals surface area contributed by atoms with Gasteiger partial charge in [-0.1, -0.05) is 228 Å². The number of benzene rings is 1. The number of hydrogen-bond donors (Lipinski definition) is 3. The molecule has 1 rings (SSSR count). The van der Waals surface area contributed by atoms with E-state index in [2.05, 4.69) is 27.7 Å². The average Bonchev–Trinajstić information content (AvgIpc) is 3.01. The summed E-state index contributed by atoms with van der Waals surface area (Å²) in [5.41, 5.74) is 2.63. The lowest BCUT2D eigenvalue weighted by Gasteiger charge is -2.31. The van der Waals surface area contributed by atoms with E-state index in [9.17, 15) is 19.5 Å². The van der Waals surface area contributed by atoms with E-state index in [0.29, 0.717) is 11.3 Å². The fourth-order valence-electron chi connectivity index (χ4n) is 7.77. The van der Waals surface area contributed by atoms with E-state index in [1.54, 1.807) is 0 Å². The molecule has 0 aromatic heterocycles. The van der Waals surface area contributed by atoms with Gasteiger partial charge in [0.2, 0.25) is 0 Å². The molecule has 1 aromatic carbocycles. The molecule has 0 aliphatic rings. The van der Waals surface area contributed by atoms with Crippen LogP contribution in [-0.4, -0.2) is 14.9 Å². The van der Waals surface area contributed by atoms with E-state index in [-0.39, 0.29) is 17.0 Å². The lowest BCUT2D eigenvalue weighted by Crippen LogP contribution is -2.21. The molecule has 0 bridgehead atoms. The third-order valence-corrected chi connectivity index (χ3v) is 11.5. The van der Waals surface area contributed by atoms with Crippen molar-refractivity contribution in [3.63, 3.8) is 0 Å². The predicted octanol–water partition coefficient (Wildman–Crippen LogP) is 15.2. The molecule has 0 saturated heterocycles. The standard InChI is InChI=1S/C45H85O4P/c1-8-9-10-11-12-13-14-15-16-17-18-19-20-21-22-23-24-25-26-27-28-29-30-31-32-33-34-35-36-40-39(38-50(47,48)49)37-41(44(2,3)4)43(46)42(40)45(5,6)7/h37,46H,8-36,38H2,1-7H3,(H2,47,48,49). The van der Waals surface area contributed by atoms with Crippen LogP contribution in [-0.2, 0) is 28.0 Å². The van der Waals surface area contributed by atoms with Gasteiger partial charge >= 0.3 is 7.60 Å². The second-order valence-electron chi connectivity index (χ2n) is 17.9. The maximum absolute atomic E-state index is 12.1. The molecule has 0 atom stereocenters. The van der Waals surface area contributed by atoms with Gasteiger partial charge in [0.15, 0.2) is 0 Å². The van der Waals surface area contributed by atoms with Crippen molar-refractivity contribution >= 4 is 7.60 Å². The summed E-state index contributed by atoms with van der Waals surface area (Å²) in [7, 11) is -4.24. The fraction of sp³-hybridized carbons (Fsp3) is 0.867. The number of hydrogen-bond acceptors (Lipinski definition) is 2. The normalized spacial score (nSPS) is 12.7. The Morgan fingerprint density at radius 3 is 1.06 bits per heavy atom. The van der Waals surface area contributed by atoms with Crippen molar-refractivity contribution in [2.24, 2.45) is 0 Å². The van der Waals surface area contributed by atoms with E-state index < -0.39 is 7.60 Å². The number of rotatable bonds is 31. The van der Waals surface area contributed by atoms with Crippen molar-refractivity contribution < 1.29 is 19.5 Å². The van der Waals surface area contributed by atoms with Crippen molar-refractivity contribution in [3.05, 3.63) is 28.3 Å². The third kappa shape index (κ3) is 23.0. The summed E-state index contributed by atoms with van der Waals surface area (Å²) in [4.78, 5) is 19.8. The molecule has 3 N–H and O–H groups in total. The topological polar surface area (TPSA) is 77.8 Å². The van der Waals surface area contributed by atoms with Gasteiger partial charge in [0.05, 0.1) is 6.16 Å². The minimum absolute atomic E-state index is 0.270. The minimum Gasteiger partial charge on any atom is -0.507 e. The Bertz CT molecular complexity index is 1030. The van der Waals surface area contributed by atoms with Gasteiger partial charge in [-0.2, -0.15) is 0 Å². The first-order valence-corrected chi connectivity index (χ1v) is 23.4. The van der Waals surface area contributed by atoms with Gasteiger partial charge < -0.3 is 14.9 Å². The molecular formula is C45H85O4P. The van der Waals surface area contributed by atoms with E-state index in [0.717, 1.165) is 36.0 Å². The predicted molar refractivity (Wildman–Crippen MR) is 220 cm³/mol. The van der Waals surface area contributed by atoms with Gasteiger partial charge in [-0.3, -0.25) is 4.57 Å². The highest BCUT2D eigenvalue weighted by Gasteiger charge is 2.31. The summed E-state index contributed by atoms with van der Waals surface area (Å²) in [6.07, 6.45) is 39.2. The number of phenolic OH excluding ortho intramolecular Hbond substituents is 1. The highest BCUT2D eigenvalue weighted by atomic mass is 31.2. The van der Waals surface area contributed by atoms with Crippen LogP contribution in [0, 0.1) is 0 Å². The van der Waals surface area contributed by atoms with Crippen LogP contribution in [0.25, 0.3) is 0 Å². The van der Waals surface area contributed by atoms with Gasteiger partial charge in [0.1, 0.15) is 5.75 Å². The molecule has 0 saturated carbocycles. The van der Waals surface area contributed by atoms with Gasteiger partial charge in [-0.05, 0) is 40.4 Å². The maximum atomic E-state index is 12.1. The number of phenols is 1. The smallest absolute Gasteiger partial charge is 0.329 e. The molecule has 0 aliphatic carbocycles. The second kappa shape index (κ2) is 26.9. The van der Waals surface area contributed by atoms with E-state index in [1.807, 2.05) is 26.8 Å². The van der Waals surface area contributed by atoms with E-state index in [4.69, 9.17) is 0 Å². The van der Waals surface area contributed by atoms with Crippen LogP contribution >= 0.6 is 7.60 Å². The lowest BCUT2D eigenvalue weighted by molar-refractivity contribution is 0.370. The van der Waals surface area contributed by atoms with E-state index >= 15 is 0 Å². The van der Waals surface area contributed by atoms with Crippen molar-refractivity contribution in [2.75, 3.05) is 0 Å². The molecule has 0 radical (unpaired) electrons. The molecule has 5 heteroatoms. The quantitative estimate of drug-likeness (QED) is 0.0527. The molecular weight excluding hydrogens is 635 g/mol. The molecule has 4 nitrogen and oxygen atoms in total. The summed E-state index contributed by atoms with van der Waals surface area (Å²) >= 11 is 0. The van der Waals surface area contributed by atoms with Crippen LogP contribution in [0.1, 0.15) is 251 Å². The molecule has 294 valence electrons. The monoisotopic (exact) mass is 721 g/mol. The van der Waals surface area contributed by atoms with Gasteiger partial charge in [0, 0.05) is 5.56 Å². The lowest BCUT2D eigenvalue weighted by atomic mass is 9.75. The number of aromatic hydroxyl groups is 1. The molecule has 0 heterocycles. The fourth-order valence-corrected chi connectivity index (χ4v) is 8.49. The highest BCUT2D eigenvalue weighted by Crippen LogP contribution is 2.47. The van der Waals surface area contributed by atoms with Crippen molar-refractivity contribution in [1.29, 1.82) is 0 Å². The first-order chi connectivity index (χ1) is 23.7. The van der Waals surface area contributed by atoms with Crippen molar-refractivity contribution in [2.45, 2.75) is 252 Å². The Kier molecular flexibility index (Phi) is 25.3. The van der Waals surface area contributed by atoms with Gasteiger partial charge in [-0.25, -0.2) is 0 Å². The van der Waals surface area contributed by atoms with Crippen LogP contribution in [0.15, 0.2) is 6.07 Å². The molecule has 0 spiro atoms. The number of unbranched alkanes of at least 4 members (excludes halogenated alkanes) is 27. The van der Waals surface area contributed by atoms with Crippen LogP contribution in [0.2, 0.25) is 0 Å². The van der Waals surface area contributed by atoms with E-state index in [1.165, 1.54) is 167 Å². The molecule has 0 amide bonds. The summed E-state index contributed by atoms with van der Waals surface area (Å²) in [5, 5.41) is 11.4. The minimum atomic E-state index is -4.24. The van der Waals surface area contributed by atoms with Crippen LogP contribution in [0.4, 0.5) is 0 Å². The average molecular weight is 721 g/mol. The van der Waals surface area contributed by atoms with Crippen molar-refractivity contribution in [1.82, 2.24) is 0 Å². The maximum Gasteiger partial charge on any atom is 0.329 e. The Hall–Kier alpha value is -0.830. The molecule has 0 fully saturated rings. The molecule has 50 heavy (non-hydrogen) atoms. The third-order valence-electron chi connectivity index (χ3n) is 10.7.